The summed E-state index contributed by atoms with van der Waals surface area (Å²) in [7, 11) is -3.57. The van der Waals surface area contributed by atoms with Crippen molar-refractivity contribution >= 4 is 16.0 Å². The number of carboxylic acids is 1. The lowest BCUT2D eigenvalue weighted by Crippen LogP contribution is -2.43. The van der Waals surface area contributed by atoms with E-state index in [-0.39, 0.29) is 6.04 Å². The highest BCUT2D eigenvalue weighted by Crippen LogP contribution is 2.18. The summed E-state index contributed by atoms with van der Waals surface area (Å²) in [6, 6.07) is -1.40. The van der Waals surface area contributed by atoms with E-state index in [0.29, 0.717) is 0 Å². The molecule has 7 heteroatoms. The summed E-state index contributed by atoms with van der Waals surface area (Å²) in [4.78, 5) is 10.4. The normalized spacial score (nSPS) is 20.3. The van der Waals surface area contributed by atoms with Crippen LogP contribution < -0.4 is 10.5 Å². The Hall–Kier alpha value is -0.660. The molecule has 1 rings (SSSR count). The Kier molecular flexibility index (Phi) is 4.06. The zero-order valence-corrected chi connectivity index (χ0v) is 9.16. The van der Waals surface area contributed by atoms with Crippen molar-refractivity contribution in [2.24, 2.45) is 5.73 Å². The molecule has 4 N–H and O–H groups in total. The van der Waals surface area contributed by atoms with Crippen LogP contribution in [-0.2, 0) is 14.8 Å². The molecule has 0 radical (unpaired) electrons. The van der Waals surface area contributed by atoms with Crippen molar-refractivity contribution in [1.29, 1.82) is 0 Å². The molecule has 0 aliphatic heterocycles. The number of hydrogen-bond acceptors (Lipinski definition) is 4. The lowest BCUT2D eigenvalue weighted by Gasteiger charge is -2.13. The van der Waals surface area contributed by atoms with E-state index < -0.39 is 27.8 Å². The molecule has 1 fully saturated rings. The highest BCUT2D eigenvalue weighted by atomic mass is 32.2. The van der Waals surface area contributed by atoms with Crippen LogP contribution in [0.1, 0.15) is 25.7 Å². The molecule has 0 spiro atoms. The molecule has 0 aromatic heterocycles. The average molecular weight is 236 g/mol. The predicted molar refractivity (Wildman–Crippen MR) is 54.8 cm³/mol. The summed E-state index contributed by atoms with van der Waals surface area (Å²) in [5.41, 5.74) is 5.16. The third kappa shape index (κ3) is 4.15. The molecule has 15 heavy (non-hydrogen) atoms. The summed E-state index contributed by atoms with van der Waals surface area (Å²) in [6.45, 7) is 0. The van der Waals surface area contributed by atoms with Gasteiger partial charge in [0, 0.05) is 6.04 Å². The van der Waals surface area contributed by atoms with Crippen LogP contribution >= 0.6 is 0 Å². The molecule has 0 aromatic rings. The number of nitrogens with two attached hydrogens (primary N) is 1. The molecule has 1 atom stereocenters. The van der Waals surface area contributed by atoms with Crippen molar-refractivity contribution in [3.05, 3.63) is 0 Å². The summed E-state index contributed by atoms with van der Waals surface area (Å²) in [5, 5.41) is 8.49. The fourth-order valence-corrected chi connectivity index (χ4v) is 3.11. The molecule has 0 amide bonds. The molecule has 0 aromatic carbocycles. The van der Waals surface area contributed by atoms with Gasteiger partial charge in [-0.1, -0.05) is 12.8 Å². The van der Waals surface area contributed by atoms with Gasteiger partial charge in [-0.2, -0.15) is 0 Å². The van der Waals surface area contributed by atoms with E-state index in [1.54, 1.807) is 0 Å². The van der Waals surface area contributed by atoms with Gasteiger partial charge in [0.1, 0.15) is 6.04 Å². The molecule has 88 valence electrons. The van der Waals surface area contributed by atoms with Crippen LogP contribution in [0.2, 0.25) is 0 Å². The number of hydrogen-bond donors (Lipinski definition) is 3. The van der Waals surface area contributed by atoms with Gasteiger partial charge in [-0.25, -0.2) is 13.1 Å². The Morgan fingerprint density at radius 2 is 2.00 bits per heavy atom. The highest BCUT2D eigenvalue weighted by Gasteiger charge is 2.25. The summed E-state index contributed by atoms with van der Waals surface area (Å²) < 4.78 is 25.4. The van der Waals surface area contributed by atoms with Gasteiger partial charge in [0.25, 0.3) is 0 Å². The Labute approximate surface area is 88.9 Å². The lowest BCUT2D eigenvalue weighted by atomic mass is 10.3. The van der Waals surface area contributed by atoms with Crippen molar-refractivity contribution in [2.75, 3.05) is 5.75 Å². The van der Waals surface area contributed by atoms with E-state index in [1.165, 1.54) is 0 Å². The smallest absolute Gasteiger partial charge is 0.321 e. The first-order chi connectivity index (χ1) is 6.91. The van der Waals surface area contributed by atoms with E-state index in [9.17, 15) is 13.2 Å². The summed E-state index contributed by atoms with van der Waals surface area (Å²) >= 11 is 0. The molecule has 6 nitrogen and oxygen atoms in total. The maximum absolute atomic E-state index is 11.4. The van der Waals surface area contributed by atoms with E-state index in [4.69, 9.17) is 10.8 Å². The summed E-state index contributed by atoms with van der Waals surface area (Å²) in [5.74, 6) is -1.86. The fourth-order valence-electron chi connectivity index (χ4n) is 1.65. The molecule has 0 heterocycles. The quantitative estimate of drug-likeness (QED) is 0.582. The number of aliphatic carboxylic acids is 1. The lowest BCUT2D eigenvalue weighted by molar-refractivity contribution is -0.137. The molecular weight excluding hydrogens is 220 g/mol. The maximum Gasteiger partial charge on any atom is 0.321 e. The third-order valence-electron chi connectivity index (χ3n) is 2.42. The molecule has 1 aliphatic carbocycles. The van der Waals surface area contributed by atoms with E-state index in [0.717, 1.165) is 25.7 Å². The van der Waals surface area contributed by atoms with Crippen LogP contribution in [0.4, 0.5) is 0 Å². The van der Waals surface area contributed by atoms with Gasteiger partial charge in [0.15, 0.2) is 0 Å². The van der Waals surface area contributed by atoms with Crippen LogP contribution in [0.3, 0.4) is 0 Å². The number of carboxylic acid groups (broad SMARTS) is 1. The first-order valence-electron chi connectivity index (χ1n) is 4.89. The molecular formula is C8H16N2O4S. The van der Waals surface area contributed by atoms with E-state index in [2.05, 4.69) is 4.72 Å². The topological polar surface area (TPSA) is 109 Å². The number of nitrogens with one attached hydrogen (secondary N) is 1. The zero-order chi connectivity index (χ0) is 11.5. The number of rotatable bonds is 5. The maximum atomic E-state index is 11.4. The van der Waals surface area contributed by atoms with Crippen molar-refractivity contribution < 1.29 is 18.3 Å². The SMILES string of the molecule is N[C@@H](CS(=O)(=O)NC1CCCC1)C(=O)O. The predicted octanol–water partition coefficient (Wildman–Crippen LogP) is -0.740. The minimum absolute atomic E-state index is 0.0454. The first-order valence-corrected chi connectivity index (χ1v) is 6.54. The molecule has 1 aliphatic rings. The van der Waals surface area contributed by atoms with Crippen LogP contribution in [0.15, 0.2) is 0 Å². The van der Waals surface area contributed by atoms with Crippen molar-refractivity contribution in [2.45, 2.75) is 37.8 Å². The van der Waals surface area contributed by atoms with E-state index >= 15 is 0 Å². The Morgan fingerprint density at radius 1 is 1.47 bits per heavy atom. The zero-order valence-electron chi connectivity index (χ0n) is 8.35. The Morgan fingerprint density at radius 3 is 2.47 bits per heavy atom. The van der Waals surface area contributed by atoms with Gasteiger partial charge >= 0.3 is 5.97 Å². The standard InChI is InChI=1S/C8H16N2O4S/c9-7(8(11)12)5-15(13,14)10-6-3-1-2-4-6/h6-7,10H,1-5,9H2,(H,11,12)/t7-/m0/s1. The van der Waals surface area contributed by atoms with Crippen LogP contribution in [0.5, 0.6) is 0 Å². The average Bonchev–Trinajstić information content (AvgIpc) is 2.54. The van der Waals surface area contributed by atoms with Gasteiger partial charge in [-0.05, 0) is 12.8 Å². The van der Waals surface area contributed by atoms with Crippen LogP contribution in [-0.4, -0.2) is 37.3 Å². The Balaban J connectivity index is 2.47. The van der Waals surface area contributed by atoms with Crippen molar-refractivity contribution in [1.82, 2.24) is 4.72 Å². The van der Waals surface area contributed by atoms with Gasteiger partial charge in [0.05, 0.1) is 5.75 Å². The van der Waals surface area contributed by atoms with Gasteiger partial charge in [-0.3, -0.25) is 4.79 Å². The van der Waals surface area contributed by atoms with Crippen molar-refractivity contribution in [3.8, 4) is 0 Å². The Bertz CT molecular complexity index is 322. The van der Waals surface area contributed by atoms with Gasteiger partial charge in [-0.15, -0.1) is 0 Å². The fraction of sp³-hybridized carbons (Fsp3) is 0.875. The largest absolute Gasteiger partial charge is 0.480 e. The molecule has 0 saturated heterocycles. The number of carbonyl (C=O) groups is 1. The third-order valence-corrected chi connectivity index (χ3v) is 3.91. The van der Waals surface area contributed by atoms with E-state index in [1.807, 2.05) is 0 Å². The van der Waals surface area contributed by atoms with Crippen molar-refractivity contribution in [3.63, 3.8) is 0 Å². The highest BCUT2D eigenvalue weighted by molar-refractivity contribution is 7.89. The van der Waals surface area contributed by atoms with Gasteiger partial charge in [0.2, 0.25) is 10.0 Å². The van der Waals surface area contributed by atoms with Crippen LogP contribution in [0.25, 0.3) is 0 Å². The second kappa shape index (κ2) is 4.91. The van der Waals surface area contributed by atoms with Gasteiger partial charge < -0.3 is 10.8 Å². The second-order valence-electron chi connectivity index (χ2n) is 3.83. The number of sulfonamides is 1. The molecule has 0 bridgehead atoms. The molecule has 1 saturated carbocycles. The minimum Gasteiger partial charge on any atom is -0.480 e. The monoisotopic (exact) mass is 236 g/mol. The second-order valence-corrected chi connectivity index (χ2v) is 5.62. The summed E-state index contributed by atoms with van der Waals surface area (Å²) in [6.07, 6.45) is 3.67. The minimum atomic E-state index is -3.57. The first kappa shape index (κ1) is 12.4. The molecule has 0 unspecified atom stereocenters. The van der Waals surface area contributed by atoms with Crippen LogP contribution in [0, 0.1) is 0 Å².